The molecule has 7 nitrogen and oxygen atoms in total. The Balaban J connectivity index is 1.53. The molecule has 0 atom stereocenters. The smallest absolute Gasteiger partial charge is 0.341 e. The minimum absolute atomic E-state index is 0.147. The fourth-order valence-electron chi connectivity index (χ4n) is 4.29. The molecule has 0 saturated carbocycles. The molecule has 4 rings (SSSR count). The van der Waals surface area contributed by atoms with Crippen LogP contribution in [0.2, 0.25) is 0 Å². The first kappa shape index (κ1) is 25.9. The number of sulfonamides is 1. The Labute approximate surface area is 216 Å². The minimum atomic E-state index is -3.52. The zero-order chi connectivity index (χ0) is 26.0. The van der Waals surface area contributed by atoms with Crippen LogP contribution in [0.5, 0.6) is 0 Å². The molecule has 1 aliphatic carbocycles. The molecule has 0 fully saturated rings. The largest absolute Gasteiger partial charge is 0.462 e. The number of hydrogen-bond acceptors (Lipinski definition) is 6. The number of thiophene rings is 1. The lowest BCUT2D eigenvalue weighted by Crippen LogP contribution is -2.29. The van der Waals surface area contributed by atoms with Crippen molar-refractivity contribution in [3.05, 3.63) is 80.7 Å². The lowest BCUT2D eigenvalue weighted by atomic mass is 10.1. The molecule has 0 bridgehead atoms. The average molecular weight is 527 g/mol. The van der Waals surface area contributed by atoms with Gasteiger partial charge in [-0.1, -0.05) is 18.2 Å². The van der Waals surface area contributed by atoms with Crippen molar-refractivity contribution in [1.82, 2.24) is 0 Å². The molecule has 1 N–H and O–H groups in total. The first-order valence-electron chi connectivity index (χ1n) is 11.9. The summed E-state index contributed by atoms with van der Waals surface area (Å²) in [7, 11) is -3.52. The molecule has 1 amide bonds. The van der Waals surface area contributed by atoms with E-state index in [1.807, 2.05) is 26.0 Å². The van der Waals surface area contributed by atoms with Crippen molar-refractivity contribution < 1.29 is 22.7 Å². The molecule has 0 unspecified atom stereocenters. The molecule has 0 saturated heterocycles. The van der Waals surface area contributed by atoms with Gasteiger partial charge in [-0.15, -0.1) is 11.3 Å². The number of aryl methyl sites for hydroxylation is 3. The van der Waals surface area contributed by atoms with Crippen LogP contribution in [0.25, 0.3) is 0 Å². The molecule has 0 radical (unpaired) electrons. The van der Waals surface area contributed by atoms with Crippen molar-refractivity contribution in [3.63, 3.8) is 0 Å². The number of carbonyl (C=O) groups is 2. The molecule has 0 spiro atoms. The van der Waals surface area contributed by atoms with Crippen LogP contribution >= 0.6 is 11.3 Å². The minimum Gasteiger partial charge on any atom is -0.462 e. The maximum Gasteiger partial charge on any atom is 0.341 e. The lowest BCUT2D eigenvalue weighted by Gasteiger charge is -2.23. The number of anilines is 2. The van der Waals surface area contributed by atoms with Crippen molar-refractivity contribution in [3.8, 4) is 0 Å². The molecular weight excluding hydrogens is 496 g/mol. The summed E-state index contributed by atoms with van der Waals surface area (Å²) in [6, 6.07) is 12.4. The number of ether oxygens (including phenoxy) is 1. The Kier molecular flexibility index (Phi) is 7.51. The second-order valence-electron chi connectivity index (χ2n) is 8.97. The van der Waals surface area contributed by atoms with E-state index in [9.17, 15) is 18.0 Å². The van der Waals surface area contributed by atoms with Crippen molar-refractivity contribution in [1.29, 1.82) is 0 Å². The van der Waals surface area contributed by atoms with Gasteiger partial charge in [0.25, 0.3) is 5.91 Å². The average Bonchev–Trinajstić information content (AvgIpc) is 3.40. The van der Waals surface area contributed by atoms with Gasteiger partial charge in [-0.25, -0.2) is 13.2 Å². The standard InChI is InChI=1S/C27H30N2O5S2/c1-5-34-27(31)24-22-7-6-8-23(22)35-26(24)28-25(30)20-12-10-19(11-13-20)16-29(36(4,32)33)21-14-9-17(2)18(3)15-21/h9-15H,5-8,16H2,1-4H3,(H,28,30). The third-order valence-corrected chi connectivity index (χ3v) is 8.70. The molecule has 1 heterocycles. The van der Waals surface area contributed by atoms with E-state index in [-0.39, 0.29) is 19.1 Å². The number of fused-ring (bicyclic) bond motifs is 1. The van der Waals surface area contributed by atoms with Crippen LogP contribution in [-0.4, -0.2) is 33.2 Å². The Hall–Kier alpha value is -3.17. The van der Waals surface area contributed by atoms with Crippen LogP contribution in [-0.2, 0) is 34.1 Å². The summed E-state index contributed by atoms with van der Waals surface area (Å²) < 4.78 is 31.6. The summed E-state index contributed by atoms with van der Waals surface area (Å²) in [5, 5.41) is 3.41. The second-order valence-corrected chi connectivity index (χ2v) is 12.0. The highest BCUT2D eigenvalue weighted by atomic mass is 32.2. The Morgan fingerprint density at radius 2 is 1.78 bits per heavy atom. The first-order chi connectivity index (χ1) is 17.1. The van der Waals surface area contributed by atoms with Crippen LogP contribution in [0, 0.1) is 13.8 Å². The van der Waals surface area contributed by atoms with Crippen molar-refractivity contribution in [2.75, 3.05) is 22.5 Å². The van der Waals surface area contributed by atoms with Gasteiger partial charge in [0.1, 0.15) is 5.00 Å². The highest BCUT2D eigenvalue weighted by molar-refractivity contribution is 7.92. The monoisotopic (exact) mass is 526 g/mol. The predicted octanol–water partition coefficient (Wildman–Crippen LogP) is 5.25. The van der Waals surface area contributed by atoms with E-state index < -0.39 is 16.0 Å². The summed E-state index contributed by atoms with van der Waals surface area (Å²) in [4.78, 5) is 26.7. The quantitative estimate of drug-likeness (QED) is 0.405. The van der Waals surface area contributed by atoms with Crippen LogP contribution < -0.4 is 9.62 Å². The highest BCUT2D eigenvalue weighted by Crippen LogP contribution is 2.39. The number of esters is 1. The first-order valence-corrected chi connectivity index (χ1v) is 14.5. The summed E-state index contributed by atoms with van der Waals surface area (Å²) in [5.41, 5.74) is 5.31. The normalized spacial score (nSPS) is 12.8. The summed E-state index contributed by atoms with van der Waals surface area (Å²) in [6.45, 7) is 6.10. The number of rotatable bonds is 8. The maximum absolute atomic E-state index is 13.0. The molecular formula is C27H30N2O5S2. The molecule has 190 valence electrons. The number of carbonyl (C=O) groups excluding carboxylic acids is 2. The van der Waals surface area contributed by atoms with Gasteiger partial charge < -0.3 is 10.1 Å². The third kappa shape index (κ3) is 5.47. The zero-order valence-electron chi connectivity index (χ0n) is 20.9. The lowest BCUT2D eigenvalue weighted by molar-refractivity contribution is 0.0527. The Morgan fingerprint density at radius 3 is 2.42 bits per heavy atom. The SMILES string of the molecule is CCOC(=O)c1c(NC(=O)c2ccc(CN(c3ccc(C)c(C)c3)S(C)(=O)=O)cc2)sc2c1CCC2. The van der Waals surface area contributed by atoms with Gasteiger partial charge in [-0.3, -0.25) is 9.10 Å². The Morgan fingerprint density at radius 1 is 1.06 bits per heavy atom. The zero-order valence-corrected chi connectivity index (χ0v) is 22.5. The summed E-state index contributed by atoms with van der Waals surface area (Å²) in [6.07, 6.45) is 3.88. The molecule has 36 heavy (non-hydrogen) atoms. The number of benzene rings is 2. The fourth-order valence-corrected chi connectivity index (χ4v) is 6.45. The fraction of sp³-hybridized carbons (Fsp3) is 0.333. The second kappa shape index (κ2) is 10.4. The van der Waals surface area contributed by atoms with Gasteiger partial charge in [0.05, 0.1) is 30.7 Å². The van der Waals surface area contributed by atoms with Gasteiger partial charge in [0, 0.05) is 10.4 Å². The van der Waals surface area contributed by atoms with Crippen LogP contribution in [0.4, 0.5) is 10.7 Å². The highest BCUT2D eigenvalue weighted by Gasteiger charge is 2.28. The summed E-state index contributed by atoms with van der Waals surface area (Å²) >= 11 is 1.43. The predicted molar refractivity (Wildman–Crippen MR) is 144 cm³/mol. The van der Waals surface area contributed by atoms with Gasteiger partial charge >= 0.3 is 5.97 Å². The van der Waals surface area contributed by atoms with Gasteiger partial charge in [-0.05, 0) is 86.6 Å². The molecule has 9 heteroatoms. The van der Waals surface area contributed by atoms with E-state index in [4.69, 9.17) is 4.74 Å². The topological polar surface area (TPSA) is 92.8 Å². The van der Waals surface area contributed by atoms with E-state index in [1.165, 1.54) is 21.9 Å². The van der Waals surface area contributed by atoms with E-state index >= 15 is 0 Å². The van der Waals surface area contributed by atoms with Crippen LogP contribution in [0.3, 0.4) is 0 Å². The molecule has 1 aromatic heterocycles. The number of nitrogens with zero attached hydrogens (tertiary/aromatic N) is 1. The number of nitrogens with one attached hydrogen (secondary N) is 1. The van der Waals surface area contributed by atoms with E-state index in [2.05, 4.69) is 5.32 Å². The van der Waals surface area contributed by atoms with Gasteiger partial charge in [0.2, 0.25) is 10.0 Å². The van der Waals surface area contributed by atoms with Crippen molar-refractivity contribution >= 4 is 43.9 Å². The maximum atomic E-state index is 13.0. The molecule has 2 aromatic carbocycles. The Bertz CT molecular complexity index is 1410. The molecule has 0 aliphatic heterocycles. The van der Waals surface area contributed by atoms with Crippen molar-refractivity contribution in [2.45, 2.75) is 46.6 Å². The van der Waals surface area contributed by atoms with E-state index in [0.29, 0.717) is 21.8 Å². The van der Waals surface area contributed by atoms with E-state index in [1.54, 1.807) is 37.3 Å². The number of hydrogen-bond donors (Lipinski definition) is 1. The third-order valence-electron chi connectivity index (χ3n) is 6.35. The molecule has 3 aromatic rings. The summed E-state index contributed by atoms with van der Waals surface area (Å²) in [5.74, 6) is -0.740. The van der Waals surface area contributed by atoms with Gasteiger partial charge in [0.15, 0.2) is 0 Å². The van der Waals surface area contributed by atoms with Crippen LogP contribution in [0.15, 0.2) is 42.5 Å². The van der Waals surface area contributed by atoms with Crippen LogP contribution in [0.1, 0.15) is 61.2 Å². The van der Waals surface area contributed by atoms with Gasteiger partial charge in [-0.2, -0.15) is 0 Å². The van der Waals surface area contributed by atoms with E-state index in [0.717, 1.165) is 46.4 Å². The van der Waals surface area contributed by atoms with Crippen molar-refractivity contribution in [2.24, 2.45) is 0 Å². The number of amides is 1. The molecule has 1 aliphatic rings.